The minimum absolute atomic E-state index is 0.0606. The van der Waals surface area contributed by atoms with Gasteiger partial charge < -0.3 is 0 Å². The van der Waals surface area contributed by atoms with Crippen molar-refractivity contribution in [2.24, 2.45) is 0 Å². The van der Waals surface area contributed by atoms with E-state index < -0.39 is 0 Å². The minimum Gasteiger partial charge on any atom is -0.293 e. The number of rotatable bonds is 6. The molecule has 1 aliphatic carbocycles. The Bertz CT molecular complexity index is 729. The molecule has 1 saturated carbocycles. The predicted molar refractivity (Wildman–Crippen MR) is 86.6 cm³/mol. The number of aromatic amines is 1. The molecule has 0 aliphatic heterocycles. The fraction of sp³-hybridized carbons (Fsp3) is 0.438. The third kappa shape index (κ3) is 3.02. The molecule has 0 saturated heterocycles. The number of thioether (sulfide) groups is 1. The lowest BCUT2D eigenvalue weighted by molar-refractivity contribution is 0.0994. The van der Waals surface area contributed by atoms with Gasteiger partial charge in [-0.1, -0.05) is 43.0 Å². The van der Waals surface area contributed by atoms with Gasteiger partial charge >= 0.3 is 5.69 Å². The molecule has 1 aromatic carbocycles. The van der Waals surface area contributed by atoms with Gasteiger partial charge in [0, 0.05) is 11.6 Å². The molecule has 1 aliphatic rings. The fourth-order valence-electron chi connectivity index (χ4n) is 2.38. The lowest BCUT2D eigenvalue weighted by Crippen LogP contribution is -2.18. The van der Waals surface area contributed by atoms with Gasteiger partial charge in [0.15, 0.2) is 10.9 Å². The summed E-state index contributed by atoms with van der Waals surface area (Å²) in [5.41, 5.74) is 1.73. The molecule has 0 radical (unpaired) electrons. The maximum absolute atomic E-state index is 12.5. The molecule has 1 heterocycles. The van der Waals surface area contributed by atoms with Crippen LogP contribution in [-0.2, 0) is 6.42 Å². The molecule has 0 amide bonds. The number of aryl methyl sites for hydroxylation is 1. The van der Waals surface area contributed by atoms with Gasteiger partial charge in [0.25, 0.3) is 0 Å². The fourth-order valence-corrected chi connectivity index (χ4v) is 3.38. The summed E-state index contributed by atoms with van der Waals surface area (Å²) >= 11 is 1.34. The van der Waals surface area contributed by atoms with E-state index in [1.54, 1.807) is 4.57 Å². The number of benzene rings is 1. The quantitative estimate of drug-likeness (QED) is 0.657. The van der Waals surface area contributed by atoms with Crippen LogP contribution in [0.25, 0.3) is 0 Å². The number of ketones is 1. The Labute approximate surface area is 133 Å². The third-order valence-corrected chi connectivity index (χ3v) is 4.95. The molecule has 1 fully saturated rings. The summed E-state index contributed by atoms with van der Waals surface area (Å²) < 4.78 is 1.68. The van der Waals surface area contributed by atoms with Crippen LogP contribution in [0.3, 0.4) is 0 Å². The van der Waals surface area contributed by atoms with Crippen molar-refractivity contribution in [1.29, 1.82) is 0 Å². The number of nitrogens with zero attached hydrogens (tertiary/aromatic N) is 2. The van der Waals surface area contributed by atoms with Crippen molar-refractivity contribution >= 4 is 17.5 Å². The van der Waals surface area contributed by atoms with Crippen molar-refractivity contribution in [2.75, 3.05) is 0 Å². The average Bonchev–Trinajstić information content (AvgIpc) is 3.31. The van der Waals surface area contributed by atoms with Crippen LogP contribution in [0.4, 0.5) is 0 Å². The van der Waals surface area contributed by atoms with Crippen LogP contribution < -0.4 is 5.69 Å². The van der Waals surface area contributed by atoms with E-state index in [0.29, 0.717) is 10.7 Å². The van der Waals surface area contributed by atoms with Crippen molar-refractivity contribution in [2.45, 2.75) is 49.6 Å². The highest BCUT2D eigenvalue weighted by Gasteiger charge is 2.30. The van der Waals surface area contributed by atoms with Crippen LogP contribution in [0.2, 0.25) is 0 Å². The normalized spacial score (nSPS) is 15.7. The van der Waals surface area contributed by atoms with Crippen molar-refractivity contribution < 1.29 is 4.79 Å². The van der Waals surface area contributed by atoms with E-state index in [9.17, 15) is 9.59 Å². The lowest BCUT2D eigenvalue weighted by atomic mass is 10.1. The summed E-state index contributed by atoms with van der Waals surface area (Å²) in [6, 6.07) is 7.96. The largest absolute Gasteiger partial charge is 0.344 e. The number of aromatic nitrogens is 3. The Morgan fingerprint density at radius 3 is 2.68 bits per heavy atom. The van der Waals surface area contributed by atoms with Crippen LogP contribution in [-0.4, -0.2) is 25.8 Å². The molecule has 1 N–H and O–H groups in total. The number of hydrogen-bond donors (Lipinski definition) is 1. The van der Waals surface area contributed by atoms with Gasteiger partial charge in [0.05, 0.1) is 5.25 Å². The summed E-state index contributed by atoms with van der Waals surface area (Å²) in [4.78, 5) is 24.3. The smallest absolute Gasteiger partial charge is 0.293 e. The number of hydrogen-bond acceptors (Lipinski definition) is 4. The SMILES string of the molecule is CCc1ccc(C(=O)[C@H](C)Sc2n[nH]c(=O)n2C2CC2)cc1. The van der Waals surface area contributed by atoms with Gasteiger partial charge in [-0.3, -0.25) is 9.36 Å². The summed E-state index contributed by atoms with van der Waals surface area (Å²) in [5.74, 6) is 0.0606. The molecule has 22 heavy (non-hydrogen) atoms. The van der Waals surface area contributed by atoms with Crippen molar-refractivity contribution in [3.05, 3.63) is 45.9 Å². The second kappa shape index (κ2) is 6.12. The van der Waals surface area contributed by atoms with Gasteiger partial charge in [-0.15, -0.1) is 5.10 Å². The second-order valence-electron chi connectivity index (χ2n) is 5.59. The first-order chi connectivity index (χ1) is 10.6. The molecule has 2 aromatic rings. The van der Waals surface area contributed by atoms with Crippen molar-refractivity contribution in [3.63, 3.8) is 0 Å². The lowest BCUT2D eigenvalue weighted by Gasteiger charge is -2.10. The van der Waals surface area contributed by atoms with Gasteiger partial charge in [-0.25, -0.2) is 9.89 Å². The molecule has 0 unspecified atom stereocenters. The highest BCUT2D eigenvalue weighted by atomic mass is 32.2. The molecule has 6 heteroatoms. The number of carbonyl (C=O) groups excluding carboxylic acids is 1. The Morgan fingerprint density at radius 1 is 1.41 bits per heavy atom. The van der Waals surface area contributed by atoms with Crippen LogP contribution in [0.5, 0.6) is 0 Å². The van der Waals surface area contributed by atoms with Crippen molar-refractivity contribution in [1.82, 2.24) is 14.8 Å². The Hall–Kier alpha value is -1.82. The zero-order chi connectivity index (χ0) is 15.7. The monoisotopic (exact) mass is 317 g/mol. The molecular formula is C16H19N3O2S. The molecule has 1 aromatic heterocycles. The molecular weight excluding hydrogens is 298 g/mol. The summed E-state index contributed by atoms with van der Waals surface area (Å²) in [7, 11) is 0. The first kappa shape index (κ1) is 15.1. The van der Waals surface area contributed by atoms with Crippen LogP contribution in [0.1, 0.15) is 48.7 Å². The van der Waals surface area contributed by atoms with E-state index in [2.05, 4.69) is 17.1 Å². The molecule has 0 spiro atoms. The first-order valence-corrected chi connectivity index (χ1v) is 8.44. The Balaban J connectivity index is 1.74. The number of carbonyl (C=O) groups is 1. The summed E-state index contributed by atoms with van der Waals surface area (Å²) in [6.45, 7) is 3.95. The van der Waals surface area contributed by atoms with Gasteiger partial charge in [0.2, 0.25) is 0 Å². The van der Waals surface area contributed by atoms with Crippen LogP contribution in [0, 0.1) is 0 Å². The standard InChI is InChI=1S/C16H19N3O2S/c1-3-11-4-6-12(7-5-11)14(20)10(2)22-16-18-17-15(21)19(16)13-8-9-13/h4-7,10,13H,3,8-9H2,1-2H3,(H,17,21)/t10-/m0/s1. The van der Waals surface area contributed by atoms with Gasteiger partial charge in [-0.05, 0) is 31.7 Å². The van der Waals surface area contributed by atoms with E-state index in [1.165, 1.54) is 17.3 Å². The molecule has 3 rings (SSSR count). The topological polar surface area (TPSA) is 67.8 Å². The second-order valence-corrected chi connectivity index (χ2v) is 6.90. The van der Waals surface area contributed by atoms with Crippen LogP contribution in [0.15, 0.2) is 34.2 Å². The zero-order valence-corrected chi connectivity index (χ0v) is 13.5. The van der Waals surface area contributed by atoms with E-state index >= 15 is 0 Å². The molecule has 0 bridgehead atoms. The average molecular weight is 317 g/mol. The van der Waals surface area contributed by atoms with Crippen molar-refractivity contribution in [3.8, 4) is 0 Å². The van der Waals surface area contributed by atoms with Crippen LogP contribution >= 0.6 is 11.8 Å². The highest BCUT2D eigenvalue weighted by Crippen LogP contribution is 2.37. The minimum atomic E-state index is -0.278. The van der Waals surface area contributed by atoms with E-state index in [0.717, 1.165) is 19.3 Å². The predicted octanol–water partition coefficient (Wildman–Crippen LogP) is 2.83. The van der Waals surface area contributed by atoms with Gasteiger partial charge in [0.1, 0.15) is 0 Å². The summed E-state index contributed by atoms with van der Waals surface area (Å²) in [5, 5.41) is 6.87. The molecule has 116 valence electrons. The Kier molecular flexibility index (Phi) is 4.20. The molecule has 5 nitrogen and oxygen atoms in total. The first-order valence-electron chi connectivity index (χ1n) is 7.57. The summed E-state index contributed by atoms with van der Waals surface area (Å²) in [6.07, 6.45) is 2.97. The maximum atomic E-state index is 12.5. The van der Waals surface area contributed by atoms with E-state index in [1.807, 2.05) is 31.2 Å². The van der Waals surface area contributed by atoms with E-state index in [4.69, 9.17) is 0 Å². The maximum Gasteiger partial charge on any atom is 0.344 e. The number of nitrogens with one attached hydrogen (secondary N) is 1. The number of Topliss-reactive ketones (excluding diaryl/α,β-unsaturated/α-hetero) is 1. The highest BCUT2D eigenvalue weighted by molar-refractivity contribution is 8.00. The molecule has 1 atom stereocenters. The van der Waals surface area contributed by atoms with Gasteiger partial charge in [-0.2, -0.15) is 0 Å². The number of H-pyrrole nitrogens is 1. The van der Waals surface area contributed by atoms with E-state index in [-0.39, 0.29) is 22.8 Å². The third-order valence-electron chi connectivity index (χ3n) is 3.88. The zero-order valence-electron chi connectivity index (χ0n) is 12.7. The Morgan fingerprint density at radius 2 is 2.09 bits per heavy atom.